The Bertz CT molecular complexity index is 1260. The van der Waals surface area contributed by atoms with Crippen LogP contribution in [0.15, 0.2) is 36.7 Å². The van der Waals surface area contributed by atoms with Crippen LogP contribution in [-0.4, -0.2) is 53.9 Å². The van der Waals surface area contributed by atoms with Gasteiger partial charge in [0.2, 0.25) is 0 Å². The first-order valence-corrected chi connectivity index (χ1v) is 12.3. The number of rotatable bonds is 7. The summed E-state index contributed by atoms with van der Waals surface area (Å²) in [7, 11) is 0. The number of anilines is 2. The molecule has 1 fully saturated rings. The third kappa shape index (κ3) is 4.81. The number of halogens is 1. The number of H-pyrrole nitrogens is 1. The zero-order chi connectivity index (χ0) is 25.3. The molecular weight excluding hydrogens is 463 g/mol. The van der Waals surface area contributed by atoms with Crippen molar-refractivity contribution in [3.63, 3.8) is 0 Å². The fraction of sp³-hybridized carbons (Fsp3) is 0.407. The summed E-state index contributed by atoms with van der Waals surface area (Å²) in [5, 5.41) is 6.27. The van der Waals surface area contributed by atoms with Gasteiger partial charge in [-0.3, -0.25) is 9.78 Å². The van der Waals surface area contributed by atoms with Gasteiger partial charge in [-0.15, -0.1) is 0 Å². The Morgan fingerprint density at radius 3 is 2.94 bits per heavy atom. The van der Waals surface area contributed by atoms with Gasteiger partial charge in [0.25, 0.3) is 5.91 Å². The Balaban J connectivity index is 1.50. The van der Waals surface area contributed by atoms with Gasteiger partial charge in [0.15, 0.2) is 0 Å². The lowest BCUT2D eigenvalue weighted by atomic mass is 10.0. The maximum atomic E-state index is 14.5. The highest BCUT2D eigenvalue weighted by molar-refractivity contribution is 6.06. The molecule has 2 aliphatic heterocycles. The maximum Gasteiger partial charge on any atom is 0.255 e. The van der Waals surface area contributed by atoms with Gasteiger partial charge in [-0.05, 0) is 38.5 Å². The number of fused-ring (bicyclic) bond motifs is 1. The summed E-state index contributed by atoms with van der Waals surface area (Å²) in [5.41, 5.74) is 4.20. The Morgan fingerprint density at radius 2 is 2.17 bits per heavy atom. The number of ether oxygens (including phenoxy) is 3. The van der Waals surface area contributed by atoms with Crippen molar-refractivity contribution in [3.8, 4) is 17.0 Å². The van der Waals surface area contributed by atoms with Crippen molar-refractivity contribution in [2.24, 2.45) is 0 Å². The maximum absolute atomic E-state index is 14.5. The van der Waals surface area contributed by atoms with E-state index in [1.807, 2.05) is 32.9 Å². The van der Waals surface area contributed by atoms with E-state index in [0.29, 0.717) is 73.2 Å². The van der Waals surface area contributed by atoms with Gasteiger partial charge in [-0.25, -0.2) is 4.39 Å². The zero-order valence-electron chi connectivity index (χ0n) is 20.7. The van der Waals surface area contributed by atoms with Crippen LogP contribution in [0, 0.1) is 5.82 Å². The van der Waals surface area contributed by atoms with Crippen LogP contribution in [0.5, 0.6) is 5.75 Å². The molecule has 0 saturated carbocycles. The smallest absolute Gasteiger partial charge is 0.255 e. The molecule has 4 heterocycles. The third-order valence-corrected chi connectivity index (χ3v) is 6.50. The van der Waals surface area contributed by atoms with E-state index in [2.05, 4.69) is 20.6 Å². The Kier molecular flexibility index (Phi) is 6.68. The highest BCUT2D eigenvalue weighted by Gasteiger charge is 2.30. The number of pyridine rings is 1. The number of nitrogens with zero attached hydrogens (tertiary/aromatic N) is 1. The predicted octanol–water partition coefficient (Wildman–Crippen LogP) is 4.38. The molecule has 0 radical (unpaired) electrons. The molecule has 0 unspecified atom stereocenters. The molecule has 1 amide bonds. The fourth-order valence-corrected chi connectivity index (χ4v) is 4.58. The average Bonchev–Trinajstić information content (AvgIpc) is 3.23. The van der Waals surface area contributed by atoms with Crippen molar-refractivity contribution < 1.29 is 23.4 Å². The second kappa shape index (κ2) is 9.91. The van der Waals surface area contributed by atoms with Crippen LogP contribution in [0.25, 0.3) is 11.3 Å². The van der Waals surface area contributed by atoms with Crippen molar-refractivity contribution in [1.29, 1.82) is 0 Å². The van der Waals surface area contributed by atoms with Crippen LogP contribution in [0.4, 0.5) is 15.8 Å². The second-order valence-corrected chi connectivity index (χ2v) is 9.67. The summed E-state index contributed by atoms with van der Waals surface area (Å²) in [5.74, 6) is 0.0780. The van der Waals surface area contributed by atoms with Gasteiger partial charge in [0.1, 0.15) is 24.3 Å². The average molecular weight is 495 g/mol. The van der Waals surface area contributed by atoms with Crippen LogP contribution < -0.4 is 15.4 Å². The SMILES string of the molecule is CCc1c(F)cccc1Nc1c(-c2ccncc2OC[C@H]2COC(C)(C)CO2)[nH]c2c1C(=O)NCC2. The van der Waals surface area contributed by atoms with Crippen LogP contribution in [-0.2, 0) is 22.3 Å². The second-order valence-electron chi connectivity index (χ2n) is 9.67. The van der Waals surface area contributed by atoms with E-state index >= 15 is 0 Å². The molecule has 3 N–H and O–H groups in total. The molecule has 5 rings (SSSR count). The highest BCUT2D eigenvalue weighted by atomic mass is 19.1. The van der Waals surface area contributed by atoms with E-state index in [4.69, 9.17) is 14.2 Å². The summed E-state index contributed by atoms with van der Waals surface area (Å²) in [6, 6.07) is 6.75. The van der Waals surface area contributed by atoms with Crippen LogP contribution >= 0.6 is 0 Å². The van der Waals surface area contributed by atoms with Gasteiger partial charge in [0.05, 0.1) is 42.0 Å². The molecule has 0 bridgehead atoms. The highest BCUT2D eigenvalue weighted by Crippen LogP contribution is 2.41. The Labute approximate surface area is 209 Å². The van der Waals surface area contributed by atoms with Crippen molar-refractivity contribution in [2.75, 3.05) is 31.7 Å². The molecule has 1 saturated heterocycles. The molecule has 0 aliphatic carbocycles. The van der Waals surface area contributed by atoms with Gasteiger partial charge in [0, 0.05) is 41.7 Å². The van der Waals surface area contributed by atoms with E-state index in [-0.39, 0.29) is 23.4 Å². The minimum Gasteiger partial charge on any atom is -0.488 e. The number of hydrogen-bond donors (Lipinski definition) is 3. The quantitative estimate of drug-likeness (QED) is 0.451. The number of aromatic nitrogens is 2. The molecule has 190 valence electrons. The predicted molar refractivity (Wildman–Crippen MR) is 134 cm³/mol. The van der Waals surface area contributed by atoms with E-state index < -0.39 is 0 Å². The van der Waals surface area contributed by atoms with Gasteiger partial charge >= 0.3 is 0 Å². The standard InChI is InChI=1S/C27H31FN4O4/c1-4-17-19(28)6-5-7-20(17)31-25-23-21(9-11-30-26(23)33)32-24(25)18-8-10-29-12-22(18)34-13-16-14-36-27(2,3)15-35-16/h5-8,10,12,16,31-32H,4,9,11,13-15H2,1-3H3,(H,30,33)/t16-/m0/s1. The lowest BCUT2D eigenvalue weighted by molar-refractivity contribution is -0.181. The fourth-order valence-electron chi connectivity index (χ4n) is 4.58. The molecule has 2 aromatic heterocycles. The summed E-state index contributed by atoms with van der Waals surface area (Å²) in [4.78, 5) is 20.6. The van der Waals surface area contributed by atoms with Gasteiger partial charge in [-0.2, -0.15) is 0 Å². The number of benzene rings is 1. The molecule has 9 heteroatoms. The van der Waals surface area contributed by atoms with Crippen LogP contribution in [0.3, 0.4) is 0 Å². The molecule has 1 aromatic carbocycles. The lowest BCUT2D eigenvalue weighted by Crippen LogP contribution is -2.44. The van der Waals surface area contributed by atoms with Gasteiger partial charge in [-0.1, -0.05) is 13.0 Å². The van der Waals surface area contributed by atoms with E-state index in [1.165, 1.54) is 6.07 Å². The lowest BCUT2D eigenvalue weighted by Gasteiger charge is -2.34. The molecule has 2 aliphatic rings. The Hall–Kier alpha value is -3.43. The summed E-state index contributed by atoms with van der Waals surface area (Å²) in [6.07, 6.45) is 4.28. The molecule has 0 spiro atoms. The van der Waals surface area contributed by atoms with Crippen molar-refractivity contribution in [1.82, 2.24) is 15.3 Å². The van der Waals surface area contributed by atoms with Crippen molar-refractivity contribution >= 4 is 17.3 Å². The molecule has 8 nitrogen and oxygen atoms in total. The zero-order valence-corrected chi connectivity index (χ0v) is 20.7. The Morgan fingerprint density at radius 1 is 1.31 bits per heavy atom. The normalized spacial score (nSPS) is 18.9. The number of carbonyl (C=O) groups is 1. The monoisotopic (exact) mass is 494 g/mol. The first-order chi connectivity index (χ1) is 17.4. The van der Waals surface area contributed by atoms with Crippen LogP contribution in [0.2, 0.25) is 0 Å². The van der Waals surface area contributed by atoms with Gasteiger partial charge < -0.3 is 29.8 Å². The van der Waals surface area contributed by atoms with Crippen molar-refractivity contribution in [2.45, 2.75) is 45.3 Å². The van der Waals surface area contributed by atoms with Crippen LogP contribution in [0.1, 0.15) is 42.4 Å². The summed E-state index contributed by atoms with van der Waals surface area (Å²) < 4.78 is 32.4. The number of nitrogens with one attached hydrogen (secondary N) is 3. The first kappa shape index (κ1) is 24.3. The summed E-state index contributed by atoms with van der Waals surface area (Å²) in [6.45, 7) is 7.64. The number of aromatic amines is 1. The minimum absolute atomic E-state index is 0.178. The molecule has 3 aromatic rings. The minimum atomic E-state index is -0.311. The molecular formula is C27H31FN4O4. The number of hydrogen-bond acceptors (Lipinski definition) is 6. The topological polar surface area (TPSA) is 97.5 Å². The molecule has 1 atom stereocenters. The number of carbonyl (C=O) groups excluding carboxylic acids is 1. The van der Waals surface area contributed by atoms with E-state index in [9.17, 15) is 9.18 Å². The van der Waals surface area contributed by atoms with E-state index in [1.54, 1.807) is 18.5 Å². The first-order valence-electron chi connectivity index (χ1n) is 12.3. The number of amides is 1. The van der Waals surface area contributed by atoms with Crippen molar-refractivity contribution in [3.05, 3.63) is 59.3 Å². The molecule has 36 heavy (non-hydrogen) atoms. The summed E-state index contributed by atoms with van der Waals surface area (Å²) >= 11 is 0. The largest absolute Gasteiger partial charge is 0.488 e. The third-order valence-electron chi connectivity index (χ3n) is 6.50. The van der Waals surface area contributed by atoms with E-state index in [0.717, 1.165) is 11.3 Å².